The van der Waals surface area contributed by atoms with Crippen molar-refractivity contribution in [2.75, 3.05) is 37.9 Å². The maximum atomic E-state index is 12.6. The van der Waals surface area contributed by atoms with Crippen molar-refractivity contribution in [1.82, 2.24) is 40.4 Å². The van der Waals surface area contributed by atoms with E-state index in [1.54, 1.807) is 36.4 Å². The molecular formula is C28H30N10O3. The smallest absolute Gasteiger partial charge is 0.273 e. The van der Waals surface area contributed by atoms with Crippen LogP contribution in [-0.2, 0) is 11.3 Å². The van der Waals surface area contributed by atoms with Gasteiger partial charge in [0.1, 0.15) is 5.75 Å². The van der Waals surface area contributed by atoms with Gasteiger partial charge in [-0.2, -0.15) is 15.3 Å². The Morgan fingerprint density at radius 3 is 2.71 bits per heavy atom. The van der Waals surface area contributed by atoms with Crippen molar-refractivity contribution in [3.05, 3.63) is 66.4 Å². The summed E-state index contributed by atoms with van der Waals surface area (Å²) < 4.78 is 24.6. The number of methoxy groups -OCH3 is 1. The number of amides is 2. The van der Waals surface area contributed by atoms with Gasteiger partial charge in [0, 0.05) is 64.9 Å². The fourth-order valence-corrected chi connectivity index (χ4v) is 4.55. The number of hydrogen-bond acceptors (Lipinski definition) is 10. The standard InChI is InChI=1S/C28H30N10O3/c1-29-28(40)25-23(11-24(35-36-25)33-27(39)17-8-9-17)32-22-7-3-6-21(26(22)41-2)18-12-31-38(13-18)20-15-37(16-20)14-19-5-4-10-30-34-19/h3-7,10-13,17,20H,8-9,14-16H2,1-2H3,(H,29,40)(H2,32,33,35,39)/i14D2. The first-order valence-corrected chi connectivity index (χ1v) is 13.2. The molecule has 1 aliphatic carbocycles. The largest absolute Gasteiger partial charge is 0.494 e. The number of aromatic nitrogens is 6. The van der Waals surface area contributed by atoms with Gasteiger partial charge in [-0.3, -0.25) is 19.2 Å². The lowest BCUT2D eigenvalue weighted by molar-refractivity contribution is -0.117. The van der Waals surface area contributed by atoms with Crippen molar-refractivity contribution in [2.24, 2.45) is 5.92 Å². The minimum absolute atomic E-state index is 0.0165. The van der Waals surface area contributed by atoms with Crippen LogP contribution in [0.5, 0.6) is 5.75 Å². The average Bonchev–Trinajstić information content (AvgIpc) is 3.74. The Morgan fingerprint density at radius 2 is 1.98 bits per heavy atom. The second-order valence-corrected chi connectivity index (χ2v) is 9.83. The average molecular weight is 557 g/mol. The van der Waals surface area contributed by atoms with Crippen molar-refractivity contribution >= 4 is 29.0 Å². The van der Waals surface area contributed by atoms with E-state index in [1.807, 2.05) is 29.1 Å². The number of nitrogens with one attached hydrogen (secondary N) is 3. The molecule has 2 fully saturated rings. The molecule has 0 bridgehead atoms. The molecule has 3 aromatic heterocycles. The molecule has 6 rings (SSSR count). The monoisotopic (exact) mass is 556 g/mol. The summed E-state index contributed by atoms with van der Waals surface area (Å²) in [5.41, 5.74) is 2.80. The number of benzene rings is 1. The number of rotatable bonds is 10. The number of ether oxygens (including phenoxy) is 1. The summed E-state index contributed by atoms with van der Waals surface area (Å²) in [7, 11) is 3.05. The van der Waals surface area contributed by atoms with E-state index in [0.29, 0.717) is 30.2 Å². The molecular weight excluding hydrogens is 524 g/mol. The third kappa shape index (κ3) is 5.70. The lowest BCUT2D eigenvalue weighted by Gasteiger charge is -2.38. The zero-order valence-electron chi connectivity index (χ0n) is 24.5. The Morgan fingerprint density at radius 1 is 1.12 bits per heavy atom. The Balaban J connectivity index is 1.22. The van der Waals surface area contributed by atoms with Gasteiger partial charge < -0.3 is 20.7 Å². The molecule has 41 heavy (non-hydrogen) atoms. The third-order valence-electron chi connectivity index (χ3n) is 6.92. The van der Waals surface area contributed by atoms with Gasteiger partial charge in [-0.1, -0.05) is 12.1 Å². The topological polar surface area (TPSA) is 152 Å². The SMILES string of the molecule is [2H]C([2H])(c1cccnn1)N1CC(n2cc(-c3cccc(Nc4cc(NC(=O)C5CC5)nnc4C(=O)NC)c3OC)cn2)C1. The quantitative estimate of drug-likeness (QED) is 0.266. The summed E-state index contributed by atoms with van der Waals surface area (Å²) in [5, 5.41) is 28.9. The normalized spacial score (nSPS) is 16.2. The lowest BCUT2D eigenvalue weighted by atomic mass is 10.1. The maximum Gasteiger partial charge on any atom is 0.273 e. The van der Waals surface area contributed by atoms with Crippen LogP contribution in [0.15, 0.2) is 55.0 Å². The minimum atomic E-state index is -1.74. The molecule has 1 aromatic carbocycles. The number of nitrogens with zero attached hydrogens (tertiary/aromatic N) is 7. The van der Waals surface area contributed by atoms with Crippen molar-refractivity contribution in [3.63, 3.8) is 0 Å². The number of carbonyl (C=O) groups excluding carboxylic acids is 2. The maximum absolute atomic E-state index is 12.6. The number of carbonyl (C=O) groups is 2. The van der Waals surface area contributed by atoms with Crippen LogP contribution in [0.4, 0.5) is 17.2 Å². The van der Waals surface area contributed by atoms with Crippen molar-refractivity contribution in [1.29, 1.82) is 0 Å². The first kappa shape index (κ1) is 23.9. The van der Waals surface area contributed by atoms with Crippen LogP contribution in [0.1, 0.15) is 37.8 Å². The first-order valence-electron chi connectivity index (χ1n) is 14.2. The van der Waals surface area contributed by atoms with Gasteiger partial charge in [0.05, 0.1) is 36.4 Å². The Bertz CT molecular complexity index is 1660. The van der Waals surface area contributed by atoms with E-state index in [1.165, 1.54) is 13.2 Å². The minimum Gasteiger partial charge on any atom is -0.494 e. The fraction of sp³-hybridized carbons (Fsp3) is 0.321. The Hall–Kier alpha value is -4.91. The van der Waals surface area contributed by atoms with Crippen LogP contribution in [0.25, 0.3) is 11.1 Å². The van der Waals surface area contributed by atoms with Gasteiger partial charge in [0.15, 0.2) is 11.5 Å². The van der Waals surface area contributed by atoms with Gasteiger partial charge in [-0.25, -0.2) is 0 Å². The van der Waals surface area contributed by atoms with E-state index < -0.39 is 12.4 Å². The van der Waals surface area contributed by atoms with Gasteiger partial charge in [-0.15, -0.1) is 10.2 Å². The molecule has 1 saturated carbocycles. The van der Waals surface area contributed by atoms with E-state index in [2.05, 4.69) is 41.4 Å². The molecule has 0 spiro atoms. The number of likely N-dealkylation sites (tertiary alicyclic amines) is 1. The first-order chi connectivity index (χ1) is 20.8. The molecule has 2 amide bonds. The van der Waals surface area contributed by atoms with Crippen LogP contribution in [-0.4, -0.2) is 74.1 Å². The summed E-state index contributed by atoms with van der Waals surface area (Å²) >= 11 is 0. The third-order valence-corrected chi connectivity index (χ3v) is 6.92. The summed E-state index contributed by atoms with van der Waals surface area (Å²) in [5.74, 6) is 0.173. The summed E-state index contributed by atoms with van der Waals surface area (Å²) in [6.45, 7) is -0.819. The second kappa shape index (κ2) is 11.3. The molecule has 210 valence electrons. The molecule has 1 saturated heterocycles. The Labute approximate surface area is 239 Å². The van der Waals surface area contributed by atoms with E-state index in [4.69, 9.17) is 7.48 Å². The molecule has 4 aromatic rings. The molecule has 0 atom stereocenters. The Kier molecular flexibility index (Phi) is 6.59. The van der Waals surface area contributed by atoms with E-state index in [-0.39, 0.29) is 35.1 Å². The van der Waals surface area contributed by atoms with Crippen molar-refractivity contribution in [3.8, 4) is 16.9 Å². The highest BCUT2D eigenvalue weighted by Crippen LogP contribution is 2.39. The molecule has 0 unspecified atom stereocenters. The molecule has 13 heteroatoms. The highest BCUT2D eigenvalue weighted by Gasteiger charge is 2.31. The molecule has 13 nitrogen and oxygen atoms in total. The van der Waals surface area contributed by atoms with Gasteiger partial charge in [-0.05, 0) is 31.0 Å². The number of para-hydroxylation sites is 1. The molecule has 2 aliphatic rings. The van der Waals surface area contributed by atoms with Crippen LogP contribution >= 0.6 is 0 Å². The molecule has 0 radical (unpaired) electrons. The highest BCUT2D eigenvalue weighted by atomic mass is 16.5. The van der Waals surface area contributed by atoms with Gasteiger partial charge >= 0.3 is 0 Å². The van der Waals surface area contributed by atoms with Crippen LogP contribution in [0, 0.1) is 5.92 Å². The van der Waals surface area contributed by atoms with Crippen LogP contribution in [0.2, 0.25) is 0 Å². The predicted molar refractivity (Wildman–Crippen MR) is 151 cm³/mol. The van der Waals surface area contributed by atoms with E-state index in [9.17, 15) is 9.59 Å². The van der Waals surface area contributed by atoms with Gasteiger partial charge in [0.2, 0.25) is 5.91 Å². The van der Waals surface area contributed by atoms with Crippen LogP contribution in [0.3, 0.4) is 0 Å². The predicted octanol–water partition coefficient (Wildman–Crippen LogP) is 2.65. The highest BCUT2D eigenvalue weighted by molar-refractivity contribution is 6.00. The second-order valence-electron chi connectivity index (χ2n) is 9.83. The van der Waals surface area contributed by atoms with Gasteiger partial charge in [0.25, 0.3) is 5.91 Å². The van der Waals surface area contributed by atoms with Crippen molar-refractivity contribution < 1.29 is 17.1 Å². The van der Waals surface area contributed by atoms with E-state index >= 15 is 0 Å². The zero-order chi connectivity index (χ0) is 30.1. The summed E-state index contributed by atoms with van der Waals surface area (Å²) in [6.07, 6.45) is 6.84. The molecule has 4 heterocycles. The van der Waals surface area contributed by atoms with Crippen LogP contribution < -0.4 is 20.7 Å². The summed E-state index contributed by atoms with van der Waals surface area (Å²) in [6, 6.07) is 10.4. The number of anilines is 3. The lowest BCUT2D eigenvalue weighted by Crippen LogP contribution is -2.47. The fourth-order valence-electron chi connectivity index (χ4n) is 4.55. The molecule has 1 aliphatic heterocycles. The summed E-state index contributed by atoms with van der Waals surface area (Å²) in [4.78, 5) is 26.6. The van der Waals surface area contributed by atoms with Crippen molar-refractivity contribution in [2.45, 2.75) is 25.4 Å². The molecule has 3 N–H and O–H groups in total. The van der Waals surface area contributed by atoms with E-state index in [0.717, 1.165) is 24.0 Å². The number of hydrogen-bond donors (Lipinski definition) is 3. The zero-order valence-corrected chi connectivity index (χ0v) is 22.5.